The van der Waals surface area contributed by atoms with Crippen LogP contribution < -0.4 is 4.90 Å². The molecule has 0 radical (unpaired) electrons. The third kappa shape index (κ3) is 4.25. The predicted molar refractivity (Wildman–Crippen MR) is 101 cm³/mol. The summed E-state index contributed by atoms with van der Waals surface area (Å²) in [5.74, 6) is -0.454. The summed E-state index contributed by atoms with van der Waals surface area (Å²) in [6.07, 6.45) is 1.31. The number of ether oxygens (including phenoxy) is 1. The van der Waals surface area contributed by atoms with E-state index in [-0.39, 0.29) is 37.1 Å². The number of sulfone groups is 1. The van der Waals surface area contributed by atoms with Crippen LogP contribution in [0.3, 0.4) is 0 Å². The van der Waals surface area contributed by atoms with Crippen molar-refractivity contribution in [1.29, 1.82) is 0 Å². The SMILES string of the molecule is O=C1O[C@@H](Cn2cc(CO)nn2)CN1c1ccc(C2CCS(=O)(=O)CC2)c(F)c1. The van der Waals surface area contributed by atoms with Crippen molar-refractivity contribution >= 4 is 21.6 Å². The fourth-order valence-electron chi connectivity index (χ4n) is 3.75. The number of aliphatic hydroxyl groups excluding tert-OH is 1. The van der Waals surface area contributed by atoms with Crippen molar-refractivity contribution in [3.63, 3.8) is 0 Å². The van der Waals surface area contributed by atoms with E-state index < -0.39 is 27.9 Å². The van der Waals surface area contributed by atoms with E-state index in [1.165, 1.54) is 15.6 Å². The average Bonchev–Trinajstić information content (AvgIpc) is 3.28. The standard InChI is InChI=1S/C18H21FN4O5S/c19-17-7-14(1-2-16(17)12-3-5-29(26,27)6-4-12)23-10-15(28-18(23)25)9-22-8-13(11-24)20-21-22/h1-2,7-8,12,15,24H,3-6,9-11H2/t15-/m0/s1. The van der Waals surface area contributed by atoms with E-state index in [0.29, 0.717) is 29.8 Å². The van der Waals surface area contributed by atoms with E-state index in [4.69, 9.17) is 9.84 Å². The fraction of sp³-hybridized carbons (Fsp3) is 0.500. The van der Waals surface area contributed by atoms with Gasteiger partial charge in [0.2, 0.25) is 0 Å². The molecule has 0 bridgehead atoms. The van der Waals surface area contributed by atoms with Crippen molar-refractivity contribution in [3.05, 3.63) is 41.5 Å². The smallest absolute Gasteiger partial charge is 0.414 e. The second-order valence-electron chi connectivity index (χ2n) is 7.34. The van der Waals surface area contributed by atoms with E-state index in [0.717, 1.165) is 0 Å². The first-order valence-corrected chi connectivity index (χ1v) is 11.1. The minimum absolute atomic E-state index is 0.0687. The number of rotatable bonds is 5. The van der Waals surface area contributed by atoms with Gasteiger partial charge in [-0.2, -0.15) is 0 Å². The number of nitrogens with zero attached hydrogens (tertiary/aromatic N) is 4. The number of hydrogen-bond donors (Lipinski definition) is 1. The summed E-state index contributed by atoms with van der Waals surface area (Å²) in [5, 5.41) is 16.7. The zero-order valence-electron chi connectivity index (χ0n) is 15.6. The lowest BCUT2D eigenvalue weighted by molar-refractivity contribution is 0.129. The molecule has 4 rings (SSSR count). The van der Waals surface area contributed by atoms with Crippen LogP contribution in [-0.4, -0.2) is 58.8 Å². The van der Waals surface area contributed by atoms with Crippen molar-refractivity contribution in [2.45, 2.75) is 38.0 Å². The predicted octanol–water partition coefficient (Wildman–Crippen LogP) is 1.23. The molecule has 2 saturated heterocycles. The van der Waals surface area contributed by atoms with Crippen LogP contribution in [0.2, 0.25) is 0 Å². The molecule has 156 valence electrons. The molecule has 1 amide bonds. The Morgan fingerprint density at radius 1 is 1.28 bits per heavy atom. The lowest BCUT2D eigenvalue weighted by Gasteiger charge is -2.23. The summed E-state index contributed by atoms with van der Waals surface area (Å²) in [6.45, 7) is 0.273. The zero-order chi connectivity index (χ0) is 20.6. The number of aromatic nitrogens is 3. The maximum Gasteiger partial charge on any atom is 0.414 e. The minimum Gasteiger partial charge on any atom is -0.442 e. The van der Waals surface area contributed by atoms with Gasteiger partial charge >= 0.3 is 6.09 Å². The Kier molecular flexibility index (Phi) is 5.26. The van der Waals surface area contributed by atoms with Gasteiger partial charge < -0.3 is 9.84 Å². The molecule has 2 fully saturated rings. The molecular formula is C18H21FN4O5S. The van der Waals surface area contributed by atoms with Gasteiger partial charge in [-0.25, -0.2) is 22.3 Å². The third-order valence-electron chi connectivity index (χ3n) is 5.30. The molecule has 1 N–H and O–H groups in total. The van der Waals surface area contributed by atoms with E-state index in [1.54, 1.807) is 18.3 Å². The summed E-state index contributed by atoms with van der Waals surface area (Å²) >= 11 is 0. The van der Waals surface area contributed by atoms with Crippen LogP contribution in [0.15, 0.2) is 24.4 Å². The summed E-state index contributed by atoms with van der Waals surface area (Å²) in [7, 11) is -3.01. The number of carbonyl (C=O) groups is 1. The van der Waals surface area contributed by atoms with Gasteiger partial charge in [0.15, 0.2) is 0 Å². The number of aliphatic hydroxyl groups is 1. The molecule has 1 aromatic heterocycles. The Labute approximate surface area is 167 Å². The van der Waals surface area contributed by atoms with E-state index >= 15 is 0 Å². The van der Waals surface area contributed by atoms with E-state index in [1.807, 2.05) is 0 Å². The van der Waals surface area contributed by atoms with Crippen LogP contribution in [0.25, 0.3) is 0 Å². The van der Waals surface area contributed by atoms with Crippen LogP contribution in [0.5, 0.6) is 0 Å². The molecule has 11 heteroatoms. The Balaban J connectivity index is 1.44. The number of cyclic esters (lactones) is 1. The minimum atomic E-state index is -3.01. The normalized spacial score (nSPS) is 22.1. The first kappa shape index (κ1) is 19.8. The molecule has 2 aromatic rings. The Morgan fingerprint density at radius 2 is 2.03 bits per heavy atom. The quantitative estimate of drug-likeness (QED) is 0.768. The van der Waals surface area contributed by atoms with Crippen LogP contribution in [0, 0.1) is 5.82 Å². The zero-order valence-corrected chi connectivity index (χ0v) is 16.4. The van der Waals surface area contributed by atoms with Crippen molar-refractivity contribution in [2.24, 2.45) is 0 Å². The van der Waals surface area contributed by atoms with Gasteiger partial charge in [-0.05, 0) is 36.5 Å². The number of halogens is 1. The van der Waals surface area contributed by atoms with Crippen LogP contribution >= 0.6 is 0 Å². The lowest BCUT2D eigenvalue weighted by Crippen LogP contribution is -2.26. The maximum atomic E-state index is 14.7. The molecule has 0 unspecified atom stereocenters. The first-order chi connectivity index (χ1) is 13.8. The van der Waals surface area contributed by atoms with Crippen molar-refractivity contribution in [2.75, 3.05) is 23.0 Å². The Morgan fingerprint density at radius 3 is 2.69 bits per heavy atom. The first-order valence-electron chi connectivity index (χ1n) is 9.32. The second kappa shape index (κ2) is 7.71. The topological polar surface area (TPSA) is 115 Å². The lowest BCUT2D eigenvalue weighted by atomic mass is 9.93. The maximum absolute atomic E-state index is 14.7. The van der Waals surface area contributed by atoms with Gasteiger partial charge in [0, 0.05) is 0 Å². The molecular weight excluding hydrogens is 403 g/mol. The molecule has 29 heavy (non-hydrogen) atoms. The molecule has 2 aliphatic heterocycles. The highest BCUT2D eigenvalue weighted by Gasteiger charge is 2.34. The van der Waals surface area contributed by atoms with E-state index in [2.05, 4.69) is 10.3 Å². The Bertz CT molecular complexity index is 1010. The molecule has 2 aliphatic rings. The van der Waals surface area contributed by atoms with Crippen LogP contribution in [0.1, 0.15) is 30.0 Å². The van der Waals surface area contributed by atoms with Crippen LogP contribution in [-0.2, 0) is 27.7 Å². The molecule has 1 atom stereocenters. The highest BCUT2D eigenvalue weighted by Crippen LogP contribution is 2.33. The molecule has 3 heterocycles. The van der Waals surface area contributed by atoms with Crippen molar-refractivity contribution in [1.82, 2.24) is 15.0 Å². The summed E-state index contributed by atoms with van der Waals surface area (Å²) in [5.41, 5.74) is 1.28. The van der Waals surface area contributed by atoms with Crippen LogP contribution in [0.4, 0.5) is 14.9 Å². The molecule has 9 nitrogen and oxygen atoms in total. The van der Waals surface area contributed by atoms with Gasteiger partial charge in [0.05, 0.1) is 43.1 Å². The molecule has 0 spiro atoms. The second-order valence-corrected chi connectivity index (χ2v) is 9.64. The largest absolute Gasteiger partial charge is 0.442 e. The number of carbonyl (C=O) groups excluding carboxylic acids is 1. The summed E-state index contributed by atoms with van der Waals surface area (Å²) < 4.78 is 44.7. The Hall–Kier alpha value is -2.53. The number of amides is 1. The van der Waals surface area contributed by atoms with Gasteiger partial charge in [0.25, 0.3) is 0 Å². The number of anilines is 1. The fourth-order valence-corrected chi connectivity index (χ4v) is 5.24. The average molecular weight is 424 g/mol. The van der Waals surface area contributed by atoms with Gasteiger partial charge in [-0.3, -0.25) is 4.90 Å². The van der Waals surface area contributed by atoms with Crippen molar-refractivity contribution in [3.8, 4) is 0 Å². The summed E-state index contributed by atoms with van der Waals surface area (Å²) in [4.78, 5) is 13.6. The van der Waals surface area contributed by atoms with Crippen molar-refractivity contribution < 1.29 is 27.4 Å². The summed E-state index contributed by atoms with van der Waals surface area (Å²) in [6, 6.07) is 4.57. The van der Waals surface area contributed by atoms with Gasteiger partial charge in [-0.15, -0.1) is 5.10 Å². The third-order valence-corrected chi connectivity index (χ3v) is 7.02. The highest BCUT2D eigenvalue weighted by atomic mass is 32.2. The molecule has 1 aromatic carbocycles. The molecule has 0 aliphatic carbocycles. The monoisotopic (exact) mass is 424 g/mol. The van der Waals surface area contributed by atoms with Gasteiger partial charge in [0.1, 0.15) is 27.5 Å². The number of hydrogen-bond acceptors (Lipinski definition) is 7. The van der Waals surface area contributed by atoms with Gasteiger partial charge in [-0.1, -0.05) is 11.3 Å². The highest BCUT2D eigenvalue weighted by molar-refractivity contribution is 7.91. The van der Waals surface area contributed by atoms with E-state index in [9.17, 15) is 17.6 Å². The molecule has 0 saturated carbocycles. The number of benzene rings is 1.